The summed E-state index contributed by atoms with van der Waals surface area (Å²) < 4.78 is 13.3. The molecular weight excluding hydrogens is 293 g/mol. The van der Waals surface area contributed by atoms with Crippen LogP contribution >= 0.6 is 0 Å². The molecule has 1 unspecified atom stereocenters. The Morgan fingerprint density at radius 1 is 1.35 bits per heavy atom. The number of amides is 1. The normalized spacial score (nSPS) is 26.0. The predicted molar refractivity (Wildman–Crippen MR) is 88.4 cm³/mol. The third-order valence-electron chi connectivity index (χ3n) is 4.81. The smallest absolute Gasteiger partial charge is 0.224 e. The maximum Gasteiger partial charge on any atom is 0.224 e. The number of benzene rings is 1. The molecule has 1 aromatic rings. The van der Waals surface area contributed by atoms with Crippen molar-refractivity contribution in [2.45, 2.75) is 38.3 Å². The second kappa shape index (κ2) is 7.88. The lowest BCUT2D eigenvalue weighted by molar-refractivity contribution is -0.127. The molecule has 2 aliphatic heterocycles. The number of nitrogens with one attached hydrogen (secondary N) is 2. The van der Waals surface area contributed by atoms with Crippen molar-refractivity contribution < 1.29 is 9.18 Å². The van der Waals surface area contributed by atoms with Gasteiger partial charge in [0, 0.05) is 25.7 Å². The SMILES string of the molecule is O=C(N[C@H]1CCCNC1)C1CCCN(Cc2cccc(F)c2)C1. The largest absolute Gasteiger partial charge is 0.352 e. The van der Waals surface area contributed by atoms with Gasteiger partial charge in [0.15, 0.2) is 0 Å². The topological polar surface area (TPSA) is 44.4 Å². The summed E-state index contributed by atoms with van der Waals surface area (Å²) in [6, 6.07) is 7.01. The van der Waals surface area contributed by atoms with E-state index in [0.29, 0.717) is 6.54 Å². The molecule has 2 saturated heterocycles. The highest BCUT2D eigenvalue weighted by Crippen LogP contribution is 2.19. The number of nitrogens with zero attached hydrogens (tertiary/aromatic N) is 1. The number of carbonyl (C=O) groups excluding carboxylic acids is 1. The quantitative estimate of drug-likeness (QED) is 0.891. The number of halogens is 1. The number of likely N-dealkylation sites (tertiary alicyclic amines) is 1. The molecule has 4 nitrogen and oxygen atoms in total. The van der Waals surface area contributed by atoms with Gasteiger partial charge in [-0.05, 0) is 56.5 Å². The van der Waals surface area contributed by atoms with Gasteiger partial charge in [0.1, 0.15) is 5.82 Å². The predicted octanol–water partition coefficient (Wildman–Crippen LogP) is 1.91. The van der Waals surface area contributed by atoms with E-state index in [1.54, 1.807) is 12.1 Å². The van der Waals surface area contributed by atoms with Crippen molar-refractivity contribution in [2.75, 3.05) is 26.2 Å². The molecule has 2 N–H and O–H groups in total. The Labute approximate surface area is 137 Å². The van der Waals surface area contributed by atoms with Gasteiger partial charge >= 0.3 is 0 Å². The lowest BCUT2D eigenvalue weighted by atomic mass is 9.95. The highest BCUT2D eigenvalue weighted by molar-refractivity contribution is 5.79. The highest BCUT2D eigenvalue weighted by atomic mass is 19.1. The molecule has 0 spiro atoms. The summed E-state index contributed by atoms with van der Waals surface area (Å²) in [5.41, 5.74) is 0.975. The third-order valence-corrected chi connectivity index (χ3v) is 4.81. The van der Waals surface area contributed by atoms with Crippen LogP contribution in [0.3, 0.4) is 0 Å². The molecule has 2 fully saturated rings. The molecule has 0 aliphatic carbocycles. The summed E-state index contributed by atoms with van der Waals surface area (Å²) in [6.07, 6.45) is 4.17. The Hall–Kier alpha value is -1.46. The molecule has 5 heteroatoms. The number of carbonyl (C=O) groups is 1. The fraction of sp³-hybridized carbons (Fsp3) is 0.611. The van der Waals surface area contributed by atoms with Gasteiger partial charge in [0.05, 0.1) is 5.92 Å². The van der Waals surface area contributed by atoms with Gasteiger partial charge in [-0.3, -0.25) is 9.69 Å². The summed E-state index contributed by atoms with van der Waals surface area (Å²) in [5.74, 6) is 0.0421. The van der Waals surface area contributed by atoms with E-state index in [2.05, 4.69) is 15.5 Å². The van der Waals surface area contributed by atoms with Gasteiger partial charge in [-0.1, -0.05) is 12.1 Å². The Bertz CT molecular complexity index is 531. The molecule has 1 aromatic carbocycles. The van der Waals surface area contributed by atoms with Crippen molar-refractivity contribution in [1.29, 1.82) is 0 Å². The van der Waals surface area contributed by atoms with Crippen molar-refractivity contribution in [3.8, 4) is 0 Å². The molecule has 0 aromatic heterocycles. The van der Waals surface area contributed by atoms with Crippen LogP contribution < -0.4 is 10.6 Å². The fourth-order valence-electron chi connectivity index (χ4n) is 3.60. The lowest BCUT2D eigenvalue weighted by Gasteiger charge is -2.33. The van der Waals surface area contributed by atoms with E-state index in [9.17, 15) is 9.18 Å². The van der Waals surface area contributed by atoms with Gasteiger partial charge in [-0.15, -0.1) is 0 Å². The van der Waals surface area contributed by atoms with Crippen molar-refractivity contribution in [1.82, 2.24) is 15.5 Å². The minimum Gasteiger partial charge on any atom is -0.352 e. The van der Waals surface area contributed by atoms with Crippen LogP contribution in [0, 0.1) is 11.7 Å². The standard InChI is InChI=1S/C18H26FN3O/c19-16-6-1-4-14(10-16)12-22-9-3-5-15(13-22)18(23)21-17-7-2-8-20-11-17/h1,4,6,10,15,17,20H,2-3,5,7-9,11-13H2,(H,21,23)/t15?,17-/m0/s1. The fourth-order valence-corrected chi connectivity index (χ4v) is 3.60. The Kier molecular flexibility index (Phi) is 5.62. The van der Waals surface area contributed by atoms with Gasteiger partial charge in [-0.25, -0.2) is 4.39 Å². The molecule has 0 bridgehead atoms. The van der Waals surface area contributed by atoms with Crippen molar-refractivity contribution in [2.24, 2.45) is 5.92 Å². The van der Waals surface area contributed by atoms with E-state index in [1.807, 2.05) is 6.07 Å². The van der Waals surface area contributed by atoms with E-state index in [4.69, 9.17) is 0 Å². The summed E-state index contributed by atoms with van der Waals surface area (Å²) in [4.78, 5) is 14.8. The molecule has 2 atom stereocenters. The number of piperidine rings is 2. The molecule has 2 aliphatic rings. The van der Waals surface area contributed by atoms with Crippen molar-refractivity contribution in [3.63, 3.8) is 0 Å². The first-order valence-corrected chi connectivity index (χ1v) is 8.68. The van der Waals surface area contributed by atoms with Crippen LogP contribution in [-0.2, 0) is 11.3 Å². The molecular formula is C18H26FN3O. The summed E-state index contributed by atoms with van der Waals surface area (Å²) in [5, 5.41) is 6.52. The lowest BCUT2D eigenvalue weighted by Crippen LogP contribution is -2.50. The highest BCUT2D eigenvalue weighted by Gasteiger charge is 2.27. The monoisotopic (exact) mass is 319 g/mol. The van der Waals surface area contributed by atoms with Gasteiger partial charge in [-0.2, -0.15) is 0 Å². The molecule has 0 saturated carbocycles. The third kappa shape index (κ3) is 4.75. The van der Waals surface area contributed by atoms with Gasteiger partial charge in [0.25, 0.3) is 0 Å². The zero-order chi connectivity index (χ0) is 16.1. The number of rotatable bonds is 4. The number of hydrogen-bond donors (Lipinski definition) is 2. The first-order chi connectivity index (χ1) is 11.2. The molecule has 2 heterocycles. The minimum absolute atomic E-state index is 0.0548. The molecule has 126 valence electrons. The second-order valence-electron chi connectivity index (χ2n) is 6.76. The first kappa shape index (κ1) is 16.4. The molecule has 0 radical (unpaired) electrons. The maximum absolute atomic E-state index is 13.3. The van der Waals surface area contributed by atoms with Crippen molar-refractivity contribution >= 4 is 5.91 Å². The van der Waals surface area contributed by atoms with Crippen LogP contribution in [0.2, 0.25) is 0 Å². The van der Waals surface area contributed by atoms with Crippen LogP contribution in [0.5, 0.6) is 0 Å². The van der Waals surface area contributed by atoms with E-state index in [-0.39, 0.29) is 23.7 Å². The number of hydrogen-bond acceptors (Lipinski definition) is 3. The summed E-state index contributed by atoms with van der Waals surface area (Å²) in [6.45, 7) is 4.39. The van der Waals surface area contributed by atoms with E-state index < -0.39 is 0 Å². The minimum atomic E-state index is -0.196. The van der Waals surface area contributed by atoms with Crippen LogP contribution in [0.4, 0.5) is 4.39 Å². The maximum atomic E-state index is 13.3. The second-order valence-corrected chi connectivity index (χ2v) is 6.76. The molecule has 23 heavy (non-hydrogen) atoms. The van der Waals surface area contributed by atoms with Crippen LogP contribution in [0.1, 0.15) is 31.2 Å². The summed E-state index contributed by atoms with van der Waals surface area (Å²) in [7, 11) is 0. The van der Waals surface area contributed by atoms with Gasteiger partial charge in [0.2, 0.25) is 5.91 Å². The summed E-state index contributed by atoms with van der Waals surface area (Å²) >= 11 is 0. The molecule has 1 amide bonds. The van der Waals surface area contributed by atoms with Crippen molar-refractivity contribution in [3.05, 3.63) is 35.6 Å². The zero-order valence-electron chi connectivity index (χ0n) is 13.6. The average molecular weight is 319 g/mol. The first-order valence-electron chi connectivity index (χ1n) is 8.68. The van der Waals surface area contributed by atoms with Crippen LogP contribution in [0.25, 0.3) is 0 Å². The van der Waals surface area contributed by atoms with Crippen LogP contribution in [-0.4, -0.2) is 43.0 Å². The van der Waals surface area contributed by atoms with E-state index in [1.165, 1.54) is 6.07 Å². The molecule has 3 rings (SSSR count). The Morgan fingerprint density at radius 2 is 2.26 bits per heavy atom. The zero-order valence-corrected chi connectivity index (χ0v) is 13.6. The van der Waals surface area contributed by atoms with Crippen LogP contribution in [0.15, 0.2) is 24.3 Å². The van der Waals surface area contributed by atoms with E-state index in [0.717, 1.165) is 57.4 Å². The Morgan fingerprint density at radius 3 is 3.04 bits per heavy atom. The Balaban J connectivity index is 1.52. The van der Waals surface area contributed by atoms with Gasteiger partial charge < -0.3 is 10.6 Å². The average Bonchev–Trinajstić information content (AvgIpc) is 2.56. The van der Waals surface area contributed by atoms with E-state index >= 15 is 0 Å².